The predicted octanol–water partition coefficient (Wildman–Crippen LogP) is 14.1. The molecule has 2 atom stereocenters. The van der Waals surface area contributed by atoms with Gasteiger partial charge in [0.1, 0.15) is 36.2 Å². The third kappa shape index (κ3) is 25.2. The zero-order valence-electron chi connectivity index (χ0n) is 81.5. The van der Waals surface area contributed by atoms with E-state index in [-0.39, 0.29) is 69.6 Å². The molecule has 13 rings (SSSR count). The van der Waals surface area contributed by atoms with Crippen molar-refractivity contribution in [1.29, 1.82) is 0 Å². The summed E-state index contributed by atoms with van der Waals surface area (Å²) in [6.45, 7) is 36.3. The van der Waals surface area contributed by atoms with E-state index in [4.69, 9.17) is 54.1 Å². The van der Waals surface area contributed by atoms with Crippen LogP contribution in [0, 0.1) is 41.5 Å². The number of hydroxylamine groups is 2. The van der Waals surface area contributed by atoms with Crippen LogP contribution < -0.4 is 29.9 Å². The van der Waals surface area contributed by atoms with E-state index in [2.05, 4.69) is 99.8 Å². The molecule has 0 aromatic heterocycles. The van der Waals surface area contributed by atoms with Gasteiger partial charge in [0, 0.05) is 145 Å². The first-order valence-corrected chi connectivity index (χ1v) is 51.1. The number of allylic oxidation sites excluding steroid dienone is 12. The highest BCUT2D eigenvalue weighted by molar-refractivity contribution is 7.86. The highest BCUT2D eigenvalue weighted by Gasteiger charge is 2.49. The van der Waals surface area contributed by atoms with Crippen molar-refractivity contribution in [3.8, 4) is 23.0 Å². The number of carbonyl (C=O) groups excluding carboxylic acids is 5. The van der Waals surface area contributed by atoms with E-state index in [9.17, 15) is 64.9 Å². The fraction of sp³-hybridized carbons (Fsp3) is 0.451. The minimum atomic E-state index is -4.44. The van der Waals surface area contributed by atoms with Gasteiger partial charge in [0.25, 0.3) is 43.9 Å². The van der Waals surface area contributed by atoms with Gasteiger partial charge in [-0.1, -0.05) is 113 Å². The molecule has 0 spiro atoms. The van der Waals surface area contributed by atoms with Crippen molar-refractivity contribution < 1.29 is 128 Å². The van der Waals surface area contributed by atoms with E-state index in [0.717, 1.165) is 114 Å². The van der Waals surface area contributed by atoms with E-state index in [1.165, 1.54) is 29.3 Å². The molecule has 7 N–H and O–H groups in total. The molecule has 7 aliphatic rings. The van der Waals surface area contributed by atoms with E-state index in [1.807, 2.05) is 150 Å². The number of anilines is 2. The minimum absolute atomic E-state index is 0.0304. The number of nitrogens with one attached hydrogen (secondary N) is 2. The number of phenolic OH excluding ortho intramolecular Hbond substituents is 2. The van der Waals surface area contributed by atoms with Crippen LogP contribution in [0.4, 0.5) is 22.7 Å². The Morgan fingerprint density at radius 3 is 1.22 bits per heavy atom. The van der Waals surface area contributed by atoms with Crippen molar-refractivity contribution >= 4 is 111 Å². The molecule has 1 saturated heterocycles. The fourth-order valence-electron chi connectivity index (χ4n) is 19.0. The number of ether oxygens (including phenoxy) is 4. The molecular weight excluding hydrogens is 1870 g/mol. The molecule has 0 radical (unpaired) electrons. The Hall–Kier alpha value is -12.1. The molecule has 4 amide bonds. The molecule has 6 aromatic rings. The number of amides is 4. The average molecular weight is 2000 g/mol. The Morgan fingerprint density at radius 1 is 0.468 bits per heavy atom. The Morgan fingerprint density at radius 2 is 0.842 bits per heavy atom. The molecule has 1 fully saturated rings. The van der Waals surface area contributed by atoms with Crippen LogP contribution in [0.3, 0.4) is 0 Å². The number of aliphatic carboxylic acids is 1. The van der Waals surface area contributed by atoms with Gasteiger partial charge in [-0.15, -0.1) is 30.3 Å². The molecule has 7 heterocycles. The van der Waals surface area contributed by atoms with Gasteiger partial charge in [-0.3, -0.25) is 33.1 Å². The van der Waals surface area contributed by atoms with Gasteiger partial charge in [0.05, 0.1) is 33.8 Å². The number of hydrogen-bond donors (Lipinski definition) is 7. The molecule has 748 valence electrons. The third-order valence-electron chi connectivity index (χ3n) is 27.1. The largest absolute Gasteiger partial charge is 0.507 e. The van der Waals surface area contributed by atoms with E-state index >= 15 is 0 Å². The summed E-state index contributed by atoms with van der Waals surface area (Å²) in [5.74, 6) is -0.960. The maximum atomic E-state index is 13.4. The summed E-state index contributed by atoms with van der Waals surface area (Å²) in [7, 11) is -15.1. The first-order chi connectivity index (χ1) is 65.2. The zero-order valence-corrected chi connectivity index (χ0v) is 84.8. The Bertz CT molecular complexity index is 6490. The lowest BCUT2D eigenvalue weighted by molar-refractivity contribution is -0.442. The number of benzene rings is 6. The lowest BCUT2D eigenvalue weighted by atomic mass is 9.81. The number of carboxylic acids is 1. The number of imide groups is 1. The Balaban J connectivity index is 0.000000267. The Kier molecular flexibility index (Phi) is 35.6. The number of fused-ring (bicyclic) bond motifs is 6. The van der Waals surface area contributed by atoms with Gasteiger partial charge in [0.15, 0.2) is 35.7 Å². The van der Waals surface area contributed by atoms with Crippen LogP contribution in [0.2, 0.25) is 0 Å². The van der Waals surface area contributed by atoms with E-state index < -0.39 is 87.2 Å². The number of phenols is 2. The van der Waals surface area contributed by atoms with Crippen molar-refractivity contribution in [2.75, 3.05) is 75.5 Å². The molecule has 0 aliphatic carbocycles. The second kappa shape index (κ2) is 45.4. The van der Waals surface area contributed by atoms with Gasteiger partial charge < -0.3 is 59.5 Å². The van der Waals surface area contributed by atoms with Crippen LogP contribution in [0.5, 0.6) is 23.0 Å². The van der Waals surface area contributed by atoms with Crippen LogP contribution in [0.1, 0.15) is 213 Å². The van der Waals surface area contributed by atoms with Crippen molar-refractivity contribution in [3.63, 3.8) is 0 Å². The minimum Gasteiger partial charge on any atom is -0.507 e. The van der Waals surface area contributed by atoms with Crippen molar-refractivity contribution in [2.45, 2.75) is 243 Å². The predicted molar refractivity (Wildman–Crippen MR) is 523 cm³/mol. The summed E-state index contributed by atoms with van der Waals surface area (Å²) < 4.78 is 148. The van der Waals surface area contributed by atoms with Gasteiger partial charge in [0.2, 0.25) is 11.4 Å². The summed E-state index contributed by atoms with van der Waals surface area (Å²) in [6, 6.07) is 26.0. The molecule has 2 unspecified atom stereocenters. The Labute approximate surface area is 815 Å². The van der Waals surface area contributed by atoms with Crippen LogP contribution >= 0.6 is 0 Å². The standard InChI is InChI=1S/C53H64N4O11S.C49H61N3O9S.2O3S/c1-34-35(2)49-38(36(3)48(34)61)26-27-53(8,67-49)50(62)54-28-31-66-32-30-56-41-18-15-14-17-39(41)51(4,5)43(56)19-11-9-12-20-44-52(6,7)40-33-37(69(63,64)65)22-23-42(40)55(44)29-16-10-13-21-47(60)68-57-45(58)24-25-46(57)59;1-32-33(2)45-36(34(3)44(32)55)24-25-49(8,61-45)46(56)50-26-29-60-30-28-52-39-18-15-14-17-37(39)47(4,5)41(52)19-11-9-12-20-42-48(6,7)38-31-35(62(57,58)59)22-23-40(38)51(42)27-16-10-13-21-43(53)54;2*1-4(2)3/h9,11-12,14-15,17-20,22-23,33H,10,13,16,21,24-32H2,1-8H3,(H2-,54,61,62,63,64,65);9,11-12,14-15,17-20,22-23,31H,10,13,16,21,24-30H2,1-8H3,(H3-,50,53,54,55,56,57,58,59);;/p+2. The number of nitrogens with zero attached hydrogens (tertiary/aromatic N) is 5. The smallest absolute Gasteiger partial charge is 0.425 e. The number of aromatic hydroxyl groups is 2. The second-order valence-corrected chi connectivity index (χ2v) is 41.4. The fourth-order valence-corrected chi connectivity index (χ4v) is 20.0. The van der Waals surface area contributed by atoms with Gasteiger partial charge in [-0.05, 0) is 215 Å². The van der Waals surface area contributed by atoms with E-state index in [0.29, 0.717) is 134 Å². The topological polar surface area (TPSA) is 460 Å². The average Bonchev–Trinajstić information content (AvgIpc) is 1.59. The molecule has 139 heavy (non-hydrogen) atoms. The summed E-state index contributed by atoms with van der Waals surface area (Å²) in [5, 5.41) is 36.8. The van der Waals surface area contributed by atoms with Crippen LogP contribution in [-0.4, -0.2) is 205 Å². The first kappa shape index (κ1) is 109. The number of carboxylic acid groups (broad SMARTS) is 1. The third-order valence-corrected chi connectivity index (χ3v) is 28.8. The molecule has 0 bridgehead atoms. The summed E-state index contributed by atoms with van der Waals surface area (Å²) >= 11 is 0. The highest BCUT2D eigenvalue weighted by Crippen LogP contribution is 2.52. The van der Waals surface area contributed by atoms with Crippen LogP contribution in [-0.2, 0) is 119 Å². The molecule has 6 aromatic carbocycles. The SMILES string of the molecule is Cc1c(C)c2c(c(C)c1O)CCC(C)(C(=O)NCCOCC[N+]1=C(/C=C/C=C/C=C3/N(CCCCCC(=O)O)c4ccc(S(=O)(=O)O)cc4C3(C)C)C(C)(C)c3ccccc31)O2.Cc1c(C)c2c(c(C)c1O)CCC(C)(C(=O)NCCOCC[N+]1=C(/C=C/C=C/C=C3/N(CCCCCC(=O)ON4C(=O)CCC4=O)c4ccc(S(=O)(=O)O)cc4C3(C)C)C(C)(C)c3ccccc31)O2.O=S(=O)=O.O=S(=O)=O. The number of para-hydroxylation sites is 2. The lowest BCUT2D eigenvalue weighted by Crippen LogP contribution is -2.51. The highest BCUT2D eigenvalue weighted by atomic mass is 32.2. The number of rotatable bonds is 35. The zero-order chi connectivity index (χ0) is 102. The monoisotopic (exact) mass is 1990 g/mol. The van der Waals surface area contributed by atoms with Crippen LogP contribution in [0.15, 0.2) is 167 Å². The van der Waals surface area contributed by atoms with Gasteiger partial charge in [-0.2, -0.15) is 26.0 Å². The molecule has 37 heteroatoms. The van der Waals surface area contributed by atoms with Crippen molar-refractivity contribution in [3.05, 3.63) is 224 Å². The van der Waals surface area contributed by atoms with E-state index in [1.54, 1.807) is 18.2 Å². The molecule has 0 saturated carbocycles. The number of unbranched alkanes of at least 4 members (excludes halogenated alkanes) is 4. The molecule has 33 nitrogen and oxygen atoms in total. The lowest BCUT2D eigenvalue weighted by Gasteiger charge is -2.36. The summed E-state index contributed by atoms with van der Waals surface area (Å²) in [6.07, 6.45) is 26.5. The van der Waals surface area contributed by atoms with Crippen molar-refractivity contribution in [2.24, 2.45) is 0 Å². The number of carbonyl (C=O) groups is 6. The van der Waals surface area contributed by atoms with Crippen molar-refractivity contribution in [1.82, 2.24) is 15.7 Å². The summed E-state index contributed by atoms with van der Waals surface area (Å²) in [4.78, 5) is 83.0. The number of hydrogen-bond acceptors (Lipinski definition) is 25. The quantitative estimate of drug-likeness (QED) is 0.00639. The molecular formula is C102H127N7O26S4+2. The van der Waals surface area contributed by atoms with Crippen LogP contribution in [0.25, 0.3) is 0 Å². The normalized spacial score (nSPS) is 19.0. The maximum Gasteiger partial charge on any atom is 0.425 e. The molecule has 7 aliphatic heterocycles. The van der Waals surface area contributed by atoms with Gasteiger partial charge in [-0.25, -0.2) is 4.79 Å². The van der Waals surface area contributed by atoms with Gasteiger partial charge >= 0.3 is 33.2 Å². The second-order valence-electron chi connectivity index (χ2n) is 37.7. The maximum absolute atomic E-state index is 13.4. The summed E-state index contributed by atoms with van der Waals surface area (Å²) in [5.41, 5.74) is 14.7. The first-order valence-electron chi connectivity index (χ1n) is 46.2.